The topological polar surface area (TPSA) is 82.7 Å². The van der Waals surface area contributed by atoms with Crippen LogP contribution in [0.4, 0.5) is 0 Å². The van der Waals surface area contributed by atoms with Crippen LogP contribution in [0.5, 0.6) is 0 Å². The van der Waals surface area contributed by atoms with Crippen molar-refractivity contribution >= 4 is 35.8 Å². The van der Waals surface area contributed by atoms with Gasteiger partial charge in [-0.1, -0.05) is 42.5 Å². The monoisotopic (exact) mass is 521 g/mol. The van der Waals surface area contributed by atoms with Crippen LogP contribution in [0.1, 0.15) is 47.3 Å². The average molecular weight is 521 g/mol. The van der Waals surface area contributed by atoms with Crippen molar-refractivity contribution in [2.45, 2.75) is 32.4 Å². The van der Waals surface area contributed by atoms with Gasteiger partial charge in [0.2, 0.25) is 5.91 Å². The van der Waals surface area contributed by atoms with E-state index in [2.05, 4.69) is 52.8 Å². The van der Waals surface area contributed by atoms with Crippen molar-refractivity contribution in [3.8, 4) is 0 Å². The highest BCUT2D eigenvalue weighted by molar-refractivity contribution is 14.0. The number of carbonyl (C=O) groups is 1. The predicted molar refractivity (Wildman–Crippen MR) is 133 cm³/mol. The zero-order valence-electron chi connectivity index (χ0n) is 17.5. The molecule has 2 aromatic carbocycles. The number of nitrogens with two attached hydrogens (primary N) is 1. The van der Waals surface area contributed by atoms with Gasteiger partial charge in [0, 0.05) is 18.7 Å². The Bertz CT molecular complexity index is 804. The molecule has 0 aliphatic carbocycles. The molecule has 4 N–H and O–H groups in total. The van der Waals surface area contributed by atoms with E-state index < -0.39 is 5.91 Å². The summed E-state index contributed by atoms with van der Waals surface area (Å²) in [6.07, 6.45) is 2.53. The van der Waals surface area contributed by atoms with Crippen molar-refractivity contribution in [3.05, 3.63) is 71.3 Å². The summed E-state index contributed by atoms with van der Waals surface area (Å²) in [5.41, 5.74) is 8.18. The van der Waals surface area contributed by atoms with Crippen molar-refractivity contribution in [1.29, 1.82) is 0 Å². The minimum absolute atomic E-state index is 0. The van der Waals surface area contributed by atoms with Crippen LogP contribution < -0.4 is 16.4 Å². The van der Waals surface area contributed by atoms with Crippen molar-refractivity contribution in [1.82, 2.24) is 15.5 Å². The van der Waals surface area contributed by atoms with E-state index in [1.165, 1.54) is 18.4 Å². The fourth-order valence-corrected chi connectivity index (χ4v) is 3.67. The molecular formula is C23H32IN5O. The second-order valence-electron chi connectivity index (χ2n) is 7.31. The van der Waals surface area contributed by atoms with E-state index in [9.17, 15) is 4.79 Å². The minimum atomic E-state index is -0.413. The number of likely N-dealkylation sites (tertiary alicyclic amines) is 1. The average Bonchev–Trinajstić information content (AvgIpc) is 3.27. The summed E-state index contributed by atoms with van der Waals surface area (Å²) in [7, 11) is 0. The highest BCUT2D eigenvalue weighted by Gasteiger charge is 2.23. The number of nitrogens with zero attached hydrogens (tertiary/aromatic N) is 2. The standard InChI is InChI=1S/C23H31N5O.HI/c1-2-25-23(26-16-18-10-12-20(13-11-18)22(24)29)27-17-21(28-14-6-7-15-28)19-8-4-3-5-9-19;/h3-5,8-13,21H,2,6-7,14-17H2,1H3,(H2,24,29)(H2,25,26,27);1H. The summed E-state index contributed by atoms with van der Waals surface area (Å²) in [6, 6.07) is 18.3. The Morgan fingerprint density at radius 1 is 1.07 bits per heavy atom. The van der Waals surface area contributed by atoms with Crippen molar-refractivity contribution in [2.24, 2.45) is 10.7 Å². The maximum absolute atomic E-state index is 11.2. The molecule has 1 aliphatic rings. The lowest BCUT2D eigenvalue weighted by Gasteiger charge is -2.29. The molecule has 3 rings (SSSR count). The summed E-state index contributed by atoms with van der Waals surface area (Å²) in [5.74, 6) is 0.385. The Hall–Kier alpha value is -2.13. The number of halogens is 1. The van der Waals surface area contributed by atoms with Crippen molar-refractivity contribution < 1.29 is 4.79 Å². The van der Waals surface area contributed by atoms with E-state index >= 15 is 0 Å². The predicted octanol–water partition coefficient (Wildman–Crippen LogP) is 3.30. The van der Waals surface area contributed by atoms with Crippen LogP contribution in [-0.4, -0.2) is 42.9 Å². The first-order valence-corrected chi connectivity index (χ1v) is 10.4. The number of hydrogen-bond acceptors (Lipinski definition) is 3. The molecule has 0 saturated carbocycles. The number of benzene rings is 2. The molecule has 1 atom stereocenters. The number of primary amides is 1. The first kappa shape index (κ1) is 24.1. The Morgan fingerprint density at radius 2 is 1.73 bits per heavy atom. The summed E-state index contributed by atoms with van der Waals surface area (Å²) < 4.78 is 0. The lowest BCUT2D eigenvalue weighted by molar-refractivity contribution is 0.100. The van der Waals surface area contributed by atoms with Gasteiger partial charge >= 0.3 is 0 Å². The molecule has 6 nitrogen and oxygen atoms in total. The van der Waals surface area contributed by atoms with E-state index in [4.69, 9.17) is 10.7 Å². The molecule has 1 fully saturated rings. The quantitative estimate of drug-likeness (QED) is 0.283. The summed E-state index contributed by atoms with van der Waals surface area (Å²) in [5, 5.41) is 6.85. The Balaban J connectivity index is 0.00000320. The van der Waals surface area contributed by atoms with Gasteiger partial charge in [-0.05, 0) is 56.1 Å². The number of aliphatic imine (C=N–C) groups is 1. The van der Waals surface area contributed by atoms with Crippen molar-refractivity contribution in [2.75, 3.05) is 26.2 Å². The minimum Gasteiger partial charge on any atom is -0.366 e. The molecule has 162 valence electrons. The van der Waals surface area contributed by atoms with Gasteiger partial charge in [0.25, 0.3) is 0 Å². The summed E-state index contributed by atoms with van der Waals surface area (Å²) in [4.78, 5) is 18.5. The molecular weight excluding hydrogens is 489 g/mol. The number of guanidine groups is 1. The molecule has 0 spiro atoms. The summed E-state index contributed by atoms with van der Waals surface area (Å²) >= 11 is 0. The number of rotatable bonds is 8. The first-order chi connectivity index (χ1) is 14.2. The molecule has 7 heteroatoms. The number of hydrogen-bond donors (Lipinski definition) is 3. The summed E-state index contributed by atoms with van der Waals surface area (Å²) in [6.45, 7) is 6.48. The molecule has 0 aromatic heterocycles. The van der Waals surface area contributed by atoms with Gasteiger partial charge in [-0.15, -0.1) is 24.0 Å². The van der Waals surface area contributed by atoms with Gasteiger partial charge in [0.1, 0.15) is 0 Å². The van der Waals surface area contributed by atoms with Gasteiger partial charge in [0.05, 0.1) is 12.6 Å². The second-order valence-corrected chi connectivity index (χ2v) is 7.31. The first-order valence-electron chi connectivity index (χ1n) is 10.4. The fourth-order valence-electron chi connectivity index (χ4n) is 3.67. The van der Waals surface area contributed by atoms with Crippen LogP contribution in [0.15, 0.2) is 59.6 Å². The lowest BCUT2D eigenvalue weighted by atomic mass is 10.1. The van der Waals surface area contributed by atoms with E-state index in [0.717, 1.165) is 37.7 Å². The third kappa shape index (κ3) is 6.98. The molecule has 0 radical (unpaired) electrons. The van der Waals surface area contributed by atoms with Gasteiger partial charge in [-0.3, -0.25) is 9.69 Å². The van der Waals surface area contributed by atoms with E-state index in [0.29, 0.717) is 18.2 Å². The number of amides is 1. The largest absolute Gasteiger partial charge is 0.366 e. The lowest BCUT2D eigenvalue weighted by Crippen LogP contribution is -2.42. The Kier molecular flexibility index (Phi) is 10.1. The second kappa shape index (κ2) is 12.5. The highest BCUT2D eigenvalue weighted by atomic mass is 127. The van der Waals surface area contributed by atoms with E-state index in [-0.39, 0.29) is 24.0 Å². The van der Waals surface area contributed by atoms with E-state index in [1.807, 2.05) is 12.1 Å². The molecule has 0 bridgehead atoms. The van der Waals surface area contributed by atoms with Crippen LogP contribution in [0.3, 0.4) is 0 Å². The normalized spacial score (nSPS) is 15.3. The smallest absolute Gasteiger partial charge is 0.248 e. The maximum atomic E-state index is 11.2. The molecule has 1 amide bonds. The SMILES string of the molecule is CCNC(=NCc1ccc(C(N)=O)cc1)NCC(c1ccccc1)N1CCCC1.I. The van der Waals surface area contributed by atoms with Crippen LogP contribution in [-0.2, 0) is 6.54 Å². The third-order valence-electron chi connectivity index (χ3n) is 5.23. The van der Waals surface area contributed by atoms with Crippen molar-refractivity contribution in [3.63, 3.8) is 0 Å². The molecule has 1 heterocycles. The zero-order chi connectivity index (χ0) is 20.5. The zero-order valence-corrected chi connectivity index (χ0v) is 19.8. The van der Waals surface area contributed by atoms with Gasteiger partial charge in [-0.2, -0.15) is 0 Å². The Morgan fingerprint density at radius 3 is 2.33 bits per heavy atom. The van der Waals surface area contributed by atoms with E-state index in [1.54, 1.807) is 12.1 Å². The van der Waals surface area contributed by atoms with Gasteiger partial charge in [-0.25, -0.2) is 4.99 Å². The van der Waals surface area contributed by atoms with Crippen LogP contribution in [0.2, 0.25) is 0 Å². The molecule has 30 heavy (non-hydrogen) atoms. The third-order valence-corrected chi connectivity index (χ3v) is 5.23. The highest BCUT2D eigenvalue weighted by Crippen LogP contribution is 2.24. The molecule has 1 aliphatic heterocycles. The van der Waals surface area contributed by atoms with Gasteiger partial charge < -0.3 is 16.4 Å². The Labute approximate surface area is 196 Å². The fraction of sp³-hybridized carbons (Fsp3) is 0.391. The number of nitrogens with one attached hydrogen (secondary N) is 2. The maximum Gasteiger partial charge on any atom is 0.248 e. The van der Waals surface area contributed by atoms with Crippen LogP contribution in [0.25, 0.3) is 0 Å². The van der Waals surface area contributed by atoms with Crippen LogP contribution >= 0.6 is 24.0 Å². The molecule has 1 saturated heterocycles. The molecule has 1 unspecified atom stereocenters. The number of carbonyl (C=O) groups excluding carboxylic acids is 1. The van der Waals surface area contributed by atoms with Gasteiger partial charge in [0.15, 0.2) is 5.96 Å². The molecule has 2 aromatic rings. The van der Waals surface area contributed by atoms with Crippen LogP contribution in [0, 0.1) is 0 Å².